The molecule has 8 atom stereocenters. The van der Waals surface area contributed by atoms with Crippen molar-refractivity contribution in [1.82, 2.24) is 19.1 Å². The van der Waals surface area contributed by atoms with Gasteiger partial charge in [-0.1, -0.05) is 0 Å². The average molecular weight is 660 g/mol. The number of aliphatic hydroxyl groups is 3. The summed E-state index contributed by atoms with van der Waals surface area (Å²) in [5.74, 6) is -5.31. The summed E-state index contributed by atoms with van der Waals surface area (Å²) in [4.78, 5) is 58.6. The quantitative estimate of drug-likeness (QED) is 0.123. The Morgan fingerprint density at radius 1 is 0.886 bits per heavy atom. The number of nitrogens with zero attached hydrogens (tertiary/aromatic N) is 4. The molecule has 0 saturated carbocycles. The van der Waals surface area contributed by atoms with E-state index >= 15 is 0 Å². The van der Waals surface area contributed by atoms with Crippen LogP contribution in [0, 0.1) is 23.5 Å². The molecule has 246 valence electrons. The molecule has 2 aromatic heterocycles. The second kappa shape index (κ2) is 15.1. The summed E-state index contributed by atoms with van der Waals surface area (Å²) in [5.41, 5.74) is 6.79. The van der Waals surface area contributed by atoms with Crippen molar-refractivity contribution >= 4 is 25.7 Å². The van der Waals surface area contributed by atoms with Gasteiger partial charge in [-0.05, 0) is 12.8 Å². The Bertz CT molecular complexity index is 1420. The van der Waals surface area contributed by atoms with Crippen LogP contribution in [-0.2, 0) is 14.2 Å². The van der Waals surface area contributed by atoms with Crippen molar-refractivity contribution in [2.75, 3.05) is 31.3 Å². The molecule has 2 fully saturated rings. The first kappa shape index (κ1) is 35.2. The summed E-state index contributed by atoms with van der Waals surface area (Å²) in [6.45, 7) is -1.26. The molecule has 2 aromatic rings. The van der Waals surface area contributed by atoms with Crippen LogP contribution in [0.3, 0.4) is 0 Å². The topological polar surface area (TPSA) is 268 Å². The van der Waals surface area contributed by atoms with E-state index in [9.17, 15) is 31.9 Å². The zero-order valence-corrected chi connectivity index (χ0v) is 23.3. The summed E-state index contributed by atoms with van der Waals surface area (Å²) in [6.07, 6.45) is -8.09. The molecular formula is C22H29F4N6O11P. The number of rotatable bonds is 9. The van der Waals surface area contributed by atoms with Crippen LogP contribution in [0.25, 0.3) is 0 Å². The zero-order valence-electron chi connectivity index (χ0n) is 22.4. The van der Waals surface area contributed by atoms with Gasteiger partial charge in [-0.2, -0.15) is 9.97 Å². The standard InChI is InChI=1S/C11H14F2N3O7P.C11H15F2N3O4/c12-5-3-16(10(18)15-7(5)14)8-6(13)4(1-2-17)9(22-8)23-11(19)24(20)21;12-6-3-16(11(19)15-9(6)14)10-8(13)5(1-2-17)7(4-18)20-10/h3-4,6,8-9,17,20-21H,1-2H2,(H2,14,15,18);3,5,7-8,10,17-18H,1-2,4H2,(H2,14,15,19)/t4-,6-,8+,9+;5-,7-,8+,10-/m01/s1. The van der Waals surface area contributed by atoms with Crippen LogP contribution in [0.1, 0.15) is 25.3 Å². The molecule has 4 rings (SSSR count). The van der Waals surface area contributed by atoms with Crippen LogP contribution in [0.4, 0.5) is 34.0 Å². The van der Waals surface area contributed by atoms with Gasteiger partial charge in [-0.25, -0.2) is 31.9 Å². The third kappa shape index (κ3) is 7.67. The normalized spacial score (nSPS) is 28.1. The van der Waals surface area contributed by atoms with E-state index in [1.165, 1.54) is 0 Å². The molecule has 0 spiro atoms. The monoisotopic (exact) mass is 660 g/mol. The van der Waals surface area contributed by atoms with E-state index in [4.69, 9.17) is 46.0 Å². The molecule has 0 radical (unpaired) electrons. The summed E-state index contributed by atoms with van der Waals surface area (Å²) >= 11 is 0. The summed E-state index contributed by atoms with van der Waals surface area (Å²) in [5, 5.41) is 27.0. The molecule has 0 unspecified atom stereocenters. The molecule has 22 heteroatoms. The predicted octanol–water partition coefficient (Wildman–Crippen LogP) is -1.22. The minimum absolute atomic E-state index is 0.0581. The van der Waals surface area contributed by atoms with Gasteiger partial charge in [0.2, 0.25) is 6.29 Å². The van der Waals surface area contributed by atoms with Crippen LogP contribution < -0.4 is 22.8 Å². The van der Waals surface area contributed by atoms with Gasteiger partial charge in [0.25, 0.3) is 8.38 Å². The van der Waals surface area contributed by atoms with Crippen LogP contribution in [0.5, 0.6) is 0 Å². The molecule has 9 N–H and O–H groups in total. The molecule has 0 bridgehead atoms. The van der Waals surface area contributed by atoms with Crippen LogP contribution in [0.15, 0.2) is 22.0 Å². The van der Waals surface area contributed by atoms with E-state index in [1.54, 1.807) is 0 Å². The fraction of sp³-hybridized carbons (Fsp3) is 0.591. The molecule has 0 aliphatic carbocycles. The Morgan fingerprint density at radius 3 is 1.80 bits per heavy atom. The van der Waals surface area contributed by atoms with Gasteiger partial charge in [-0.3, -0.25) is 9.13 Å². The smallest absolute Gasteiger partial charge is 0.385 e. The van der Waals surface area contributed by atoms with Crippen molar-refractivity contribution in [3.8, 4) is 0 Å². The number of hydrogen-bond acceptors (Lipinski definition) is 15. The molecule has 2 aliphatic rings. The molecule has 44 heavy (non-hydrogen) atoms. The number of halogens is 4. The number of anilines is 2. The number of aliphatic hydroxyl groups excluding tert-OH is 3. The summed E-state index contributed by atoms with van der Waals surface area (Å²) in [7, 11) is -3.09. The van der Waals surface area contributed by atoms with Crippen LogP contribution in [-0.4, -0.2) is 94.5 Å². The summed E-state index contributed by atoms with van der Waals surface area (Å²) in [6, 6.07) is 0. The largest absolute Gasteiger partial charge is 0.429 e. The number of hydrogen-bond donors (Lipinski definition) is 7. The van der Waals surface area contributed by atoms with Gasteiger partial charge in [0.05, 0.1) is 31.0 Å². The van der Waals surface area contributed by atoms with Gasteiger partial charge in [-0.15, -0.1) is 0 Å². The van der Waals surface area contributed by atoms with Crippen LogP contribution >= 0.6 is 8.38 Å². The molecule has 2 saturated heterocycles. The van der Waals surface area contributed by atoms with Gasteiger partial charge in [0.1, 0.15) is 0 Å². The highest BCUT2D eigenvalue weighted by Gasteiger charge is 2.49. The lowest BCUT2D eigenvalue weighted by Crippen LogP contribution is -2.32. The van der Waals surface area contributed by atoms with E-state index in [0.717, 1.165) is 6.20 Å². The lowest BCUT2D eigenvalue weighted by atomic mass is 9.96. The number of nitrogens with two attached hydrogens (primary N) is 2. The maximum Gasteiger partial charge on any atom is 0.385 e. The molecule has 0 amide bonds. The Hall–Kier alpha value is -3.30. The fourth-order valence-electron chi connectivity index (χ4n) is 4.54. The first-order valence-corrected chi connectivity index (χ1v) is 13.9. The summed E-state index contributed by atoms with van der Waals surface area (Å²) < 4.78 is 71.8. The minimum atomic E-state index is -3.09. The molecule has 17 nitrogen and oxygen atoms in total. The first-order chi connectivity index (χ1) is 20.7. The lowest BCUT2D eigenvalue weighted by molar-refractivity contribution is -0.129. The van der Waals surface area contributed by atoms with E-state index in [2.05, 4.69) is 14.7 Å². The Balaban J connectivity index is 0.000000244. The van der Waals surface area contributed by atoms with E-state index < -0.39 is 111 Å². The van der Waals surface area contributed by atoms with E-state index in [-0.39, 0.29) is 19.4 Å². The highest BCUT2D eigenvalue weighted by molar-refractivity contribution is 7.63. The first-order valence-electron chi connectivity index (χ1n) is 12.6. The molecule has 2 aliphatic heterocycles. The number of ether oxygens (including phenoxy) is 3. The van der Waals surface area contributed by atoms with Crippen LogP contribution in [0.2, 0.25) is 0 Å². The molecular weight excluding hydrogens is 631 g/mol. The minimum Gasteiger partial charge on any atom is -0.429 e. The van der Waals surface area contributed by atoms with Crippen molar-refractivity contribution in [2.45, 2.75) is 50.0 Å². The van der Waals surface area contributed by atoms with E-state index in [0.29, 0.717) is 15.3 Å². The number of carbonyl (C=O) groups is 1. The lowest BCUT2D eigenvalue weighted by Gasteiger charge is -2.18. The Kier molecular flexibility index (Phi) is 12.1. The zero-order chi connectivity index (χ0) is 32.9. The maximum atomic E-state index is 14.6. The highest BCUT2D eigenvalue weighted by Crippen LogP contribution is 2.40. The Labute approximate surface area is 245 Å². The number of alkyl halides is 2. The highest BCUT2D eigenvalue weighted by atomic mass is 31.2. The second-order valence-electron chi connectivity index (χ2n) is 9.38. The predicted molar refractivity (Wildman–Crippen MR) is 139 cm³/mol. The third-order valence-corrected chi connectivity index (χ3v) is 7.11. The van der Waals surface area contributed by atoms with Crippen molar-refractivity contribution in [1.29, 1.82) is 0 Å². The molecule has 0 aromatic carbocycles. The molecule has 4 heterocycles. The number of aromatic nitrogens is 4. The van der Waals surface area contributed by atoms with Crippen molar-refractivity contribution in [2.24, 2.45) is 11.8 Å². The average Bonchev–Trinajstić information content (AvgIpc) is 3.44. The maximum absolute atomic E-state index is 14.6. The van der Waals surface area contributed by atoms with Crippen molar-refractivity contribution in [3.05, 3.63) is 45.0 Å². The fourth-order valence-corrected chi connectivity index (χ4v) is 4.74. The number of carbonyl (C=O) groups excluding carboxylic acids is 1. The van der Waals surface area contributed by atoms with Crippen molar-refractivity contribution < 1.29 is 61.7 Å². The van der Waals surface area contributed by atoms with Gasteiger partial charge in [0.15, 0.2) is 48.1 Å². The Morgan fingerprint density at radius 2 is 1.34 bits per heavy atom. The third-order valence-electron chi connectivity index (χ3n) is 6.68. The van der Waals surface area contributed by atoms with E-state index in [1.807, 2.05) is 0 Å². The number of nitrogen functional groups attached to an aromatic ring is 2. The van der Waals surface area contributed by atoms with Gasteiger partial charge < -0.3 is 50.8 Å². The van der Waals surface area contributed by atoms with Gasteiger partial charge in [0, 0.05) is 19.1 Å². The van der Waals surface area contributed by atoms with Crippen molar-refractivity contribution in [3.63, 3.8) is 0 Å². The SMILES string of the molecule is Nc1nc(=O)n([C@@H]2O[C@H](CO)[C@@H](CCO)[C@@H]2F)cc1F.Nc1nc(=O)n([C@@H]2O[C@H](OC(=O)P(O)O)[C@@H](CCO)[C@@H]2F)cc1F. The second-order valence-corrected chi connectivity index (χ2v) is 10.3. The van der Waals surface area contributed by atoms with Gasteiger partial charge >= 0.3 is 17.1 Å².